The molecule has 1 unspecified atom stereocenters. The van der Waals surface area contributed by atoms with E-state index in [9.17, 15) is 19.7 Å². The van der Waals surface area contributed by atoms with Crippen molar-refractivity contribution in [1.82, 2.24) is 0 Å². The number of halogens is 1. The predicted molar refractivity (Wildman–Crippen MR) is 78.2 cm³/mol. The van der Waals surface area contributed by atoms with Crippen LogP contribution in [0.3, 0.4) is 0 Å². The molecule has 7 nitrogen and oxygen atoms in total. The number of benzene rings is 1. The molecule has 0 saturated carbocycles. The van der Waals surface area contributed by atoms with Gasteiger partial charge in [-0.2, -0.15) is 0 Å². The zero-order valence-corrected chi connectivity index (χ0v) is 12.7. The van der Waals surface area contributed by atoms with Crippen molar-refractivity contribution < 1.29 is 24.0 Å². The van der Waals surface area contributed by atoms with Crippen molar-refractivity contribution in [3.63, 3.8) is 0 Å². The number of nitrogens with zero attached hydrogens (tertiary/aromatic N) is 1. The van der Waals surface area contributed by atoms with Crippen molar-refractivity contribution in [2.75, 3.05) is 20.8 Å². The molecule has 0 spiro atoms. The highest BCUT2D eigenvalue weighted by atomic mass is 35.5. The van der Waals surface area contributed by atoms with Crippen LogP contribution >= 0.6 is 11.6 Å². The molecule has 1 rings (SSSR count). The van der Waals surface area contributed by atoms with Crippen molar-refractivity contribution in [3.8, 4) is 0 Å². The van der Waals surface area contributed by atoms with E-state index in [0.717, 1.165) is 20.3 Å². The van der Waals surface area contributed by atoms with E-state index in [1.807, 2.05) is 0 Å². The van der Waals surface area contributed by atoms with Gasteiger partial charge in [-0.15, -0.1) is 0 Å². The highest BCUT2D eigenvalue weighted by Gasteiger charge is 2.29. The lowest BCUT2D eigenvalue weighted by molar-refractivity contribution is -0.481. The van der Waals surface area contributed by atoms with Crippen LogP contribution < -0.4 is 0 Å². The fourth-order valence-electron chi connectivity index (χ4n) is 1.83. The van der Waals surface area contributed by atoms with Gasteiger partial charge in [0.05, 0.1) is 25.7 Å². The summed E-state index contributed by atoms with van der Waals surface area (Å²) >= 11 is 5.78. The van der Waals surface area contributed by atoms with Crippen LogP contribution in [-0.4, -0.2) is 37.6 Å². The molecule has 0 N–H and O–H groups in total. The van der Waals surface area contributed by atoms with Crippen molar-refractivity contribution in [1.29, 1.82) is 0 Å². The van der Waals surface area contributed by atoms with Crippen LogP contribution in [0.2, 0.25) is 5.02 Å². The molecule has 0 heterocycles. The fraction of sp³-hybridized carbons (Fsp3) is 0.286. The minimum absolute atomic E-state index is 0.159. The quantitative estimate of drug-likeness (QED) is 0.343. The van der Waals surface area contributed by atoms with Gasteiger partial charge >= 0.3 is 11.9 Å². The summed E-state index contributed by atoms with van der Waals surface area (Å²) in [5.74, 6) is -2.60. The fourth-order valence-corrected chi connectivity index (χ4v) is 1.96. The maximum Gasteiger partial charge on any atom is 0.334 e. The Labute approximate surface area is 131 Å². The number of carbonyl (C=O) groups excluding carboxylic acids is 2. The first-order chi connectivity index (χ1) is 10.4. The molecule has 0 radical (unpaired) electrons. The predicted octanol–water partition coefficient (Wildman–Crippen LogP) is 1.97. The molecule has 0 aliphatic heterocycles. The van der Waals surface area contributed by atoms with Crippen molar-refractivity contribution >= 4 is 23.5 Å². The first-order valence-corrected chi connectivity index (χ1v) is 6.52. The number of ether oxygens (including phenoxy) is 2. The van der Waals surface area contributed by atoms with E-state index < -0.39 is 29.3 Å². The van der Waals surface area contributed by atoms with Gasteiger partial charge in [0.15, 0.2) is 0 Å². The Bertz CT molecular complexity index is 596. The number of methoxy groups -OCH3 is 2. The van der Waals surface area contributed by atoms with Gasteiger partial charge < -0.3 is 9.47 Å². The van der Waals surface area contributed by atoms with Crippen molar-refractivity contribution in [2.24, 2.45) is 0 Å². The molecular formula is C14H14ClNO6. The Kier molecular flexibility index (Phi) is 6.52. The highest BCUT2D eigenvalue weighted by molar-refractivity contribution is 6.30. The van der Waals surface area contributed by atoms with Crippen LogP contribution in [0.4, 0.5) is 0 Å². The minimum atomic E-state index is -0.959. The maximum absolute atomic E-state index is 11.9. The zero-order valence-electron chi connectivity index (χ0n) is 11.9. The van der Waals surface area contributed by atoms with Crippen molar-refractivity contribution in [3.05, 3.63) is 56.6 Å². The SMILES string of the molecule is COC(=O)/C=C(\C(=O)OC)C(C[N+](=O)[O-])c1ccc(Cl)cc1. The normalized spacial score (nSPS) is 12.4. The van der Waals surface area contributed by atoms with E-state index >= 15 is 0 Å². The first kappa shape index (κ1) is 17.6. The molecule has 0 saturated heterocycles. The van der Waals surface area contributed by atoms with E-state index in [2.05, 4.69) is 9.47 Å². The Hall–Kier alpha value is -2.41. The lowest BCUT2D eigenvalue weighted by Crippen LogP contribution is -2.22. The highest BCUT2D eigenvalue weighted by Crippen LogP contribution is 2.27. The standard InChI is InChI=1S/C14H14ClNO6/c1-21-13(17)7-11(14(18)22-2)12(8-16(19)20)9-3-5-10(15)6-4-9/h3-7,12H,8H2,1-2H3/b11-7-. The monoisotopic (exact) mass is 327 g/mol. The van der Waals surface area contributed by atoms with Gasteiger partial charge in [-0.3, -0.25) is 10.1 Å². The summed E-state index contributed by atoms with van der Waals surface area (Å²) in [5, 5.41) is 11.3. The van der Waals surface area contributed by atoms with Crippen molar-refractivity contribution in [2.45, 2.75) is 5.92 Å². The molecule has 8 heteroatoms. The number of carbonyl (C=O) groups is 2. The third-order valence-electron chi connectivity index (χ3n) is 2.88. The second-order valence-electron chi connectivity index (χ2n) is 4.23. The maximum atomic E-state index is 11.9. The summed E-state index contributed by atoms with van der Waals surface area (Å²) in [7, 11) is 2.26. The summed E-state index contributed by atoms with van der Waals surface area (Å²) in [4.78, 5) is 33.6. The van der Waals surface area contributed by atoms with Gasteiger partial charge in [-0.05, 0) is 17.7 Å². The van der Waals surface area contributed by atoms with E-state index in [1.165, 1.54) is 12.1 Å². The Balaban J connectivity index is 3.34. The molecule has 1 aromatic carbocycles. The number of rotatable bonds is 6. The molecule has 0 bridgehead atoms. The first-order valence-electron chi connectivity index (χ1n) is 6.14. The van der Waals surface area contributed by atoms with Crippen LogP contribution in [0.15, 0.2) is 35.9 Å². The molecule has 0 aliphatic rings. The van der Waals surface area contributed by atoms with Crippen LogP contribution in [0, 0.1) is 10.1 Å². The summed E-state index contributed by atoms with van der Waals surface area (Å²) in [6, 6.07) is 6.17. The van der Waals surface area contributed by atoms with Gasteiger partial charge in [0.25, 0.3) is 0 Å². The number of hydrogen-bond acceptors (Lipinski definition) is 6. The van der Waals surface area contributed by atoms with Gasteiger partial charge in [0, 0.05) is 16.0 Å². The van der Waals surface area contributed by atoms with Crippen LogP contribution in [0.25, 0.3) is 0 Å². The molecule has 0 aliphatic carbocycles. The van der Waals surface area contributed by atoms with Gasteiger partial charge in [0.1, 0.15) is 0 Å². The topological polar surface area (TPSA) is 95.7 Å². The largest absolute Gasteiger partial charge is 0.466 e. The lowest BCUT2D eigenvalue weighted by Gasteiger charge is -2.15. The molecule has 0 amide bonds. The average molecular weight is 328 g/mol. The summed E-state index contributed by atoms with van der Waals surface area (Å²) in [6.45, 7) is -0.584. The van der Waals surface area contributed by atoms with Gasteiger partial charge in [-0.1, -0.05) is 23.7 Å². The number of esters is 2. The van der Waals surface area contributed by atoms with Gasteiger partial charge in [-0.25, -0.2) is 9.59 Å². The molecular weight excluding hydrogens is 314 g/mol. The molecule has 118 valence electrons. The summed E-state index contributed by atoms with van der Waals surface area (Å²) in [6.07, 6.45) is 0.897. The molecule has 0 fully saturated rings. The van der Waals surface area contributed by atoms with E-state index in [-0.39, 0.29) is 5.57 Å². The van der Waals surface area contributed by atoms with E-state index in [4.69, 9.17) is 11.6 Å². The third-order valence-corrected chi connectivity index (χ3v) is 3.13. The third kappa shape index (κ3) is 4.85. The Morgan fingerprint density at radius 2 is 1.86 bits per heavy atom. The molecule has 0 aromatic heterocycles. The second kappa shape index (κ2) is 8.14. The van der Waals surface area contributed by atoms with Crippen LogP contribution in [0.5, 0.6) is 0 Å². The Morgan fingerprint density at radius 1 is 1.27 bits per heavy atom. The Morgan fingerprint density at radius 3 is 2.32 bits per heavy atom. The summed E-state index contributed by atoms with van der Waals surface area (Å²) < 4.78 is 9.07. The second-order valence-corrected chi connectivity index (χ2v) is 4.67. The number of hydrogen-bond donors (Lipinski definition) is 0. The average Bonchev–Trinajstić information content (AvgIpc) is 2.50. The minimum Gasteiger partial charge on any atom is -0.466 e. The number of nitro groups is 1. The molecule has 1 atom stereocenters. The smallest absolute Gasteiger partial charge is 0.334 e. The van der Waals surface area contributed by atoms with Crippen LogP contribution in [-0.2, 0) is 19.1 Å². The lowest BCUT2D eigenvalue weighted by atomic mass is 9.90. The molecule has 1 aromatic rings. The summed E-state index contributed by atoms with van der Waals surface area (Å²) in [5.41, 5.74) is 0.301. The van der Waals surface area contributed by atoms with Gasteiger partial charge in [0.2, 0.25) is 6.54 Å². The molecule has 22 heavy (non-hydrogen) atoms. The van der Waals surface area contributed by atoms with Crippen LogP contribution in [0.1, 0.15) is 11.5 Å². The van der Waals surface area contributed by atoms with E-state index in [1.54, 1.807) is 12.1 Å². The zero-order chi connectivity index (χ0) is 16.7. The van der Waals surface area contributed by atoms with E-state index in [0.29, 0.717) is 10.6 Å².